The number of hydrogen-bond donors (Lipinski definition) is 1. The lowest BCUT2D eigenvalue weighted by atomic mass is 10.3. The van der Waals surface area contributed by atoms with E-state index in [4.69, 9.17) is 16.7 Å². The SMILES string of the molecule is O=C(Cc1nc(CCl)cs1)N(CCO)CC(F)(F)F. The van der Waals surface area contributed by atoms with Crippen molar-refractivity contribution < 1.29 is 23.1 Å². The number of thiazole rings is 1. The van der Waals surface area contributed by atoms with Gasteiger partial charge in [-0.1, -0.05) is 0 Å². The number of carbonyl (C=O) groups is 1. The van der Waals surface area contributed by atoms with Crippen molar-refractivity contribution >= 4 is 28.8 Å². The molecular weight excluding hydrogens is 305 g/mol. The largest absolute Gasteiger partial charge is 0.406 e. The summed E-state index contributed by atoms with van der Waals surface area (Å²) in [5, 5.41) is 10.8. The molecule has 108 valence electrons. The zero-order valence-electron chi connectivity index (χ0n) is 9.78. The van der Waals surface area contributed by atoms with Crippen LogP contribution in [0.25, 0.3) is 0 Å². The van der Waals surface area contributed by atoms with Crippen LogP contribution in [0.2, 0.25) is 0 Å². The van der Waals surface area contributed by atoms with Gasteiger partial charge in [0, 0.05) is 11.9 Å². The molecule has 9 heteroatoms. The number of halogens is 4. The molecule has 1 heterocycles. The van der Waals surface area contributed by atoms with E-state index in [0.717, 1.165) is 0 Å². The molecule has 1 rings (SSSR count). The predicted octanol–water partition coefficient (Wildman–Crippen LogP) is 1.81. The fraction of sp³-hybridized carbons (Fsp3) is 0.600. The highest BCUT2D eigenvalue weighted by Gasteiger charge is 2.32. The minimum Gasteiger partial charge on any atom is -0.395 e. The molecule has 0 radical (unpaired) electrons. The second-order valence-electron chi connectivity index (χ2n) is 3.70. The van der Waals surface area contributed by atoms with E-state index in [-0.39, 0.29) is 18.8 Å². The molecule has 0 bridgehead atoms. The number of aliphatic hydroxyl groups excluding tert-OH is 1. The van der Waals surface area contributed by atoms with Crippen LogP contribution in [0.1, 0.15) is 10.7 Å². The summed E-state index contributed by atoms with van der Waals surface area (Å²) < 4.78 is 36.8. The van der Waals surface area contributed by atoms with E-state index in [9.17, 15) is 18.0 Å². The van der Waals surface area contributed by atoms with Crippen LogP contribution in [-0.2, 0) is 17.1 Å². The van der Waals surface area contributed by atoms with E-state index >= 15 is 0 Å². The van der Waals surface area contributed by atoms with Crippen LogP contribution in [0.15, 0.2) is 5.38 Å². The molecule has 0 aliphatic rings. The molecular formula is C10H12ClF3N2O2S. The van der Waals surface area contributed by atoms with Crippen molar-refractivity contribution in [1.29, 1.82) is 0 Å². The maximum Gasteiger partial charge on any atom is 0.406 e. The molecule has 4 nitrogen and oxygen atoms in total. The van der Waals surface area contributed by atoms with E-state index in [0.29, 0.717) is 15.6 Å². The normalized spacial score (nSPS) is 11.6. The Balaban J connectivity index is 2.66. The van der Waals surface area contributed by atoms with Crippen molar-refractivity contribution in [1.82, 2.24) is 9.88 Å². The first-order valence-electron chi connectivity index (χ1n) is 5.30. The Kier molecular flexibility index (Phi) is 6.02. The molecule has 0 unspecified atom stereocenters. The molecule has 1 N–H and O–H groups in total. The first-order valence-corrected chi connectivity index (χ1v) is 6.71. The summed E-state index contributed by atoms with van der Waals surface area (Å²) in [7, 11) is 0. The molecule has 0 aromatic carbocycles. The van der Waals surface area contributed by atoms with Gasteiger partial charge in [0.15, 0.2) is 0 Å². The second-order valence-corrected chi connectivity index (χ2v) is 4.91. The van der Waals surface area contributed by atoms with E-state index < -0.39 is 25.2 Å². The van der Waals surface area contributed by atoms with Crippen molar-refractivity contribution in [3.05, 3.63) is 16.1 Å². The number of carbonyl (C=O) groups excluding carboxylic acids is 1. The first-order chi connectivity index (χ1) is 8.85. The summed E-state index contributed by atoms with van der Waals surface area (Å²) in [6.07, 6.45) is -4.72. The zero-order chi connectivity index (χ0) is 14.5. The molecule has 0 saturated carbocycles. The first kappa shape index (κ1) is 16.2. The fourth-order valence-corrected chi connectivity index (χ4v) is 2.38. The zero-order valence-corrected chi connectivity index (χ0v) is 11.4. The number of hydrogen-bond acceptors (Lipinski definition) is 4. The summed E-state index contributed by atoms with van der Waals surface area (Å²) in [5.41, 5.74) is 0.582. The lowest BCUT2D eigenvalue weighted by Crippen LogP contribution is -2.41. The smallest absolute Gasteiger partial charge is 0.395 e. The molecule has 0 fully saturated rings. The Morgan fingerprint density at radius 1 is 1.53 bits per heavy atom. The predicted molar refractivity (Wildman–Crippen MR) is 65.1 cm³/mol. The van der Waals surface area contributed by atoms with Crippen molar-refractivity contribution in [3.63, 3.8) is 0 Å². The van der Waals surface area contributed by atoms with Gasteiger partial charge in [-0.25, -0.2) is 4.98 Å². The third kappa shape index (κ3) is 5.75. The molecule has 1 aromatic rings. The lowest BCUT2D eigenvalue weighted by Gasteiger charge is -2.22. The molecule has 0 atom stereocenters. The van der Waals surface area contributed by atoms with Gasteiger partial charge in [-0.15, -0.1) is 22.9 Å². The van der Waals surface area contributed by atoms with Crippen LogP contribution >= 0.6 is 22.9 Å². The molecule has 1 amide bonds. The highest BCUT2D eigenvalue weighted by atomic mass is 35.5. The molecule has 19 heavy (non-hydrogen) atoms. The number of rotatable bonds is 6. The van der Waals surface area contributed by atoms with E-state index in [1.807, 2.05) is 0 Å². The van der Waals surface area contributed by atoms with Gasteiger partial charge in [0.25, 0.3) is 0 Å². The Morgan fingerprint density at radius 2 is 2.21 bits per heavy atom. The van der Waals surface area contributed by atoms with Crippen LogP contribution in [0, 0.1) is 0 Å². The van der Waals surface area contributed by atoms with Crippen molar-refractivity contribution in [3.8, 4) is 0 Å². The van der Waals surface area contributed by atoms with Crippen LogP contribution in [0.4, 0.5) is 13.2 Å². The fourth-order valence-electron chi connectivity index (χ4n) is 1.36. The van der Waals surface area contributed by atoms with Gasteiger partial charge in [-0.3, -0.25) is 4.79 Å². The van der Waals surface area contributed by atoms with Crippen molar-refractivity contribution in [2.45, 2.75) is 18.5 Å². The average Bonchev–Trinajstić information content (AvgIpc) is 2.74. The van der Waals surface area contributed by atoms with E-state index in [2.05, 4.69) is 4.98 Å². The second kappa shape index (κ2) is 7.06. The van der Waals surface area contributed by atoms with Crippen molar-refractivity contribution in [2.75, 3.05) is 19.7 Å². The average molecular weight is 317 g/mol. The van der Waals surface area contributed by atoms with Crippen LogP contribution in [0.5, 0.6) is 0 Å². The van der Waals surface area contributed by atoms with Gasteiger partial charge >= 0.3 is 6.18 Å². The topological polar surface area (TPSA) is 53.4 Å². The van der Waals surface area contributed by atoms with E-state index in [1.165, 1.54) is 11.3 Å². The number of aromatic nitrogens is 1. The molecule has 0 aliphatic carbocycles. The lowest BCUT2D eigenvalue weighted by molar-refractivity contribution is -0.161. The van der Waals surface area contributed by atoms with Gasteiger partial charge in [-0.05, 0) is 0 Å². The molecule has 0 spiro atoms. The summed E-state index contributed by atoms with van der Waals surface area (Å²) in [6, 6.07) is 0. The third-order valence-electron chi connectivity index (χ3n) is 2.13. The highest BCUT2D eigenvalue weighted by molar-refractivity contribution is 7.09. The maximum atomic E-state index is 12.3. The minimum absolute atomic E-state index is 0.188. The summed E-state index contributed by atoms with van der Waals surface area (Å²) >= 11 is 6.71. The van der Waals surface area contributed by atoms with Gasteiger partial charge in [-0.2, -0.15) is 13.2 Å². The minimum atomic E-state index is -4.49. The van der Waals surface area contributed by atoms with Gasteiger partial charge < -0.3 is 10.0 Å². The summed E-state index contributed by atoms with van der Waals surface area (Å²) in [5.74, 6) is -0.532. The van der Waals surface area contributed by atoms with Crippen molar-refractivity contribution in [2.24, 2.45) is 0 Å². The molecule has 0 saturated heterocycles. The summed E-state index contributed by atoms with van der Waals surface area (Å²) in [4.78, 5) is 16.3. The third-order valence-corrected chi connectivity index (χ3v) is 3.30. The Bertz CT molecular complexity index is 425. The Morgan fingerprint density at radius 3 is 2.68 bits per heavy atom. The van der Waals surface area contributed by atoms with Gasteiger partial charge in [0.05, 0.1) is 24.6 Å². The van der Waals surface area contributed by atoms with Gasteiger partial charge in [0.2, 0.25) is 5.91 Å². The Hall–Kier alpha value is -0.860. The van der Waals surface area contributed by atoms with Crippen LogP contribution in [-0.4, -0.2) is 46.8 Å². The number of aliphatic hydroxyl groups is 1. The molecule has 1 aromatic heterocycles. The number of alkyl halides is 4. The highest BCUT2D eigenvalue weighted by Crippen LogP contribution is 2.18. The van der Waals surface area contributed by atoms with Gasteiger partial charge in [0.1, 0.15) is 11.6 Å². The monoisotopic (exact) mass is 316 g/mol. The van der Waals surface area contributed by atoms with Crippen LogP contribution in [0.3, 0.4) is 0 Å². The quantitative estimate of drug-likeness (QED) is 0.814. The maximum absolute atomic E-state index is 12.3. The summed E-state index contributed by atoms with van der Waals surface area (Å²) in [6.45, 7) is -2.25. The van der Waals surface area contributed by atoms with Crippen LogP contribution < -0.4 is 0 Å². The molecule has 0 aliphatic heterocycles. The number of amides is 1. The standard InChI is InChI=1S/C10H12ClF3N2O2S/c11-4-7-5-19-8(15-7)3-9(18)16(1-2-17)6-10(12,13)14/h5,17H,1-4,6H2. The number of nitrogens with zero attached hydrogens (tertiary/aromatic N) is 2. The van der Waals surface area contributed by atoms with E-state index in [1.54, 1.807) is 5.38 Å². The Labute approximate surface area is 116 Å².